The zero-order chi connectivity index (χ0) is 15.1. The van der Waals surface area contributed by atoms with Crippen molar-refractivity contribution in [1.82, 2.24) is 4.98 Å². The van der Waals surface area contributed by atoms with Crippen molar-refractivity contribution in [2.24, 2.45) is 0 Å². The molecule has 0 aliphatic carbocycles. The van der Waals surface area contributed by atoms with Crippen LogP contribution in [0.25, 0.3) is 10.9 Å². The number of rotatable bonds is 8. The van der Waals surface area contributed by atoms with Crippen LogP contribution in [0.1, 0.15) is 51.1 Å². The number of pyridine rings is 1. The van der Waals surface area contributed by atoms with Crippen molar-refractivity contribution >= 4 is 33.6 Å². The van der Waals surface area contributed by atoms with E-state index in [1.54, 1.807) is 12.1 Å². The first-order valence-electron chi connectivity index (χ1n) is 8.05. The van der Waals surface area contributed by atoms with Crippen LogP contribution >= 0.6 is 17.0 Å². The van der Waals surface area contributed by atoms with Gasteiger partial charge in [0, 0.05) is 23.3 Å². The molecule has 0 saturated carbocycles. The highest BCUT2D eigenvalue weighted by atomic mass is 79.9. The molecular formula is C18H29BrN2O2. The Labute approximate surface area is 149 Å². The minimum Gasteiger partial charge on any atom is -0.508 e. The molecule has 1 heterocycles. The summed E-state index contributed by atoms with van der Waals surface area (Å²) in [6.45, 7) is 5.22. The third-order valence-electron chi connectivity index (χ3n) is 3.77. The molecule has 0 fully saturated rings. The molecular weight excluding hydrogens is 356 g/mol. The Bertz CT molecular complexity index is 590. The van der Waals surface area contributed by atoms with E-state index in [4.69, 9.17) is 0 Å². The second-order valence-electron chi connectivity index (χ2n) is 5.71. The van der Waals surface area contributed by atoms with Crippen molar-refractivity contribution < 1.29 is 10.6 Å². The molecule has 5 heteroatoms. The summed E-state index contributed by atoms with van der Waals surface area (Å²) < 4.78 is 0. The fourth-order valence-corrected chi connectivity index (χ4v) is 2.62. The van der Waals surface area contributed by atoms with Crippen molar-refractivity contribution in [3.63, 3.8) is 0 Å². The maximum absolute atomic E-state index is 9.66. The van der Waals surface area contributed by atoms with Crippen LogP contribution in [0.4, 0.5) is 5.69 Å². The van der Waals surface area contributed by atoms with E-state index in [-0.39, 0.29) is 28.2 Å². The summed E-state index contributed by atoms with van der Waals surface area (Å²) in [7, 11) is 0. The van der Waals surface area contributed by atoms with Crippen LogP contribution in [-0.2, 0) is 0 Å². The lowest BCUT2D eigenvalue weighted by Crippen LogP contribution is -2.03. The lowest BCUT2D eigenvalue weighted by molar-refractivity contribution is 0.476. The second-order valence-corrected chi connectivity index (χ2v) is 5.71. The van der Waals surface area contributed by atoms with Crippen molar-refractivity contribution in [2.45, 2.75) is 52.4 Å². The number of unbranched alkanes of at least 4 members (excludes halogenated alkanes) is 5. The van der Waals surface area contributed by atoms with Gasteiger partial charge in [0.25, 0.3) is 0 Å². The van der Waals surface area contributed by atoms with Gasteiger partial charge in [0.15, 0.2) is 0 Å². The van der Waals surface area contributed by atoms with Gasteiger partial charge in [-0.05, 0) is 37.6 Å². The Balaban J connectivity index is 0.00000242. The third kappa shape index (κ3) is 6.75. The molecule has 4 N–H and O–H groups in total. The number of aromatic hydroxyl groups is 1. The highest BCUT2D eigenvalue weighted by molar-refractivity contribution is 8.93. The lowest BCUT2D eigenvalue weighted by Gasteiger charge is -2.11. The number of benzene rings is 1. The number of nitrogens with zero attached hydrogens (tertiary/aromatic N) is 1. The first-order valence-corrected chi connectivity index (χ1v) is 8.05. The monoisotopic (exact) mass is 384 g/mol. The van der Waals surface area contributed by atoms with Gasteiger partial charge in [-0.25, -0.2) is 0 Å². The van der Waals surface area contributed by atoms with E-state index in [1.807, 2.05) is 13.0 Å². The molecule has 0 radical (unpaired) electrons. The van der Waals surface area contributed by atoms with E-state index in [2.05, 4.69) is 23.3 Å². The van der Waals surface area contributed by atoms with Crippen molar-refractivity contribution in [1.29, 1.82) is 0 Å². The second kappa shape index (κ2) is 11.2. The molecule has 23 heavy (non-hydrogen) atoms. The number of aryl methyl sites for hydroxylation is 1. The quantitative estimate of drug-likeness (QED) is 0.643. The number of halogens is 1. The van der Waals surface area contributed by atoms with Gasteiger partial charge in [-0.1, -0.05) is 39.0 Å². The topological polar surface area (TPSA) is 76.7 Å². The molecule has 2 aromatic rings. The first-order chi connectivity index (χ1) is 10.2. The minimum atomic E-state index is 0. The summed E-state index contributed by atoms with van der Waals surface area (Å²) in [6.07, 6.45) is 7.78. The van der Waals surface area contributed by atoms with Gasteiger partial charge in [0.2, 0.25) is 0 Å². The average Bonchev–Trinajstić information content (AvgIpc) is 2.47. The molecule has 0 saturated heterocycles. The Morgan fingerprint density at radius 1 is 1.04 bits per heavy atom. The van der Waals surface area contributed by atoms with Crippen LogP contribution in [0.15, 0.2) is 24.3 Å². The maximum Gasteiger partial charge on any atom is 0.116 e. The fourth-order valence-electron chi connectivity index (χ4n) is 2.62. The molecule has 130 valence electrons. The van der Waals surface area contributed by atoms with Gasteiger partial charge in [-0.2, -0.15) is 0 Å². The minimum absolute atomic E-state index is 0. The number of phenols is 1. The zero-order valence-corrected chi connectivity index (χ0v) is 15.8. The predicted molar refractivity (Wildman–Crippen MR) is 104 cm³/mol. The number of nitrogens with one attached hydrogen (secondary N) is 1. The zero-order valence-electron chi connectivity index (χ0n) is 14.1. The number of anilines is 1. The smallest absolute Gasteiger partial charge is 0.116 e. The first kappa shape index (κ1) is 21.7. The average molecular weight is 385 g/mol. The van der Waals surface area contributed by atoms with Gasteiger partial charge in [0.1, 0.15) is 5.75 Å². The number of fused-ring (bicyclic) bond motifs is 1. The molecule has 1 aromatic heterocycles. The normalized spacial score (nSPS) is 10.0. The van der Waals surface area contributed by atoms with Crippen LogP contribution in [0, 0.1) is 6.92 Å². The Morgan fingerprint density at radius 2 is 1.74 bits per heavy atom. The number of phenolic OH excluding ortho intramolecular Hbond substituents is 1. The molecule has 0 spiro atoms. The Kier molecular flexibility index (Phi) is 10.6. The van der Waals surface area contributed by atoms with E-state index in [0.29, 0.717) is 0 Å². The maximum atomic E-state index is 9.66. The number of aromatic nitrogens is 1. The predicted octanol–water partition coefficient (Wildman–Crippen LogP) is 4.77. The summed E-state index contributed by atoms with van der Waals surface area (Å²) >= 11 is 0. The van der Waals surface area contributed by atoms with Crippen LogP contribution in [0.3, 0.4) is 0 Å². The molecule has 0 aliphatic rings. The molecule has 1 aromatic carbocycles. The number of hydrogen-bond donors (Lipinski definition) is 2. The summed E-state index contributed by atoms with van der Waals surface area (Å²) in [5, 5.41) is 14.1. The molecule has 0 aliphatic heterocycles. The summed E-state index contributed by atoms with van der Waals surface area (Å²) in [6, 6.07) is 7.39. The molecule has 4 nitrogen and oxygen atoms in total. The van der Waals surface area contributed by atoms with E-state index in [1.165, 1.54) is 38.5 Å². The molecule has 0 bridgehead atoms. The molecule has 0 unspecified atom stereocenters. The van der Waals surface area contributed by atoms with Crippen LogP contribution in [0.5, 0.6) is 5.75 Å². The van der Waals surface area contributed by atoms with Crippen LogP contribution < -0.4 is 5.32 Å². The Hall–Kier alpha value is -1.33. The molecule has 2 rings (SSSR count). The fraction of sp³-hybridized carbons (Fsp3) is 0.500. The highest BCUT2D eigenvalue weighted by Crippen LogP contribution is 2.26. The van der Waals surface area contributed by atoms with Gasteiger partial charge >= 0.3 is 0 Å². The van der Waals surface area contributed by atoms with Gasteiger partial charge in [-0.3, -0.25) is 4.98 Å². The van der Waals surface area contributed by atoms with Gasteiger partial charge in [-0.15, -0.1) is 17.0 Å². The van der Waals surface area contributed by atoms with Gasteiger partial charge in [0.05, 0.1) is 5.52 Å². The number of hydrogen-bond acceptors (Lipinski definition) is 3. The van der Waals surface area contributed by atoms with E-state index in [9.17, 15) is 5.11 Å². The SMILES string of the molecule is Br.CCCCCCCCNc1cc(C)nc2ccc(O)cc12.O. The largest absolute Gasteiger partial charge is 0.508 e. The summed E-state index contributed by atoms with van der Waals surface area (Å²) in [5.74, 6) is 0.288. The van der Waals surface area contributed by atoms with Crippen molar-refractivity contribution in [3.05, 3.63) is 30.0 Å². The van der Waals surface area contributed by atoms with E-state index < -0.39 is 0 Å². The van der Waals surface area contributed by atoms with Crippen LogP contribution in [0.2, 0.25) is 0 Å². The lowest BCUT2D eigenvalue weighted by atomic mass is 10.1. The van der Waals surface area contributed by atoms with E-state index >= 15 is 0 Å². The molecule has 0 atom stereocenters. The summed E-state index contributed by atoms with van der Waals surface area (Å²) in [5.41, 5.74) is 3.00. The Morgan fingerprint density at radius 3 is 2.48 bits per heavy atom. The third-order valence-corrected chi connectivity index (χ3v) is 3.77. The van der Waals surface area contributed by atoms with E-state index in [0.717, 1.165) is 28.8 Å². The standard InChI is InChI=1S/C18H26N2O.BrH.H2O/c1-3-4-5-6-7-8-11-19-18-12-14(2)20-17-10-9-15(21)13-16(17)18;;/h9-10,12-13,21H,3-8,11H2,1-2H3,(H,19,20);1H;1H2. The van der Waals surface area contributed by atoms with Crippen LogP contribution in [-0.4, -0.2) is 22.1 Å². The highest BCUT2D eigenvalue weighted by Gasteiger charge is 2.04. The van der Waals surface area contributed by atoms with Gasteiger partial charge < -0.3 is 15.9 Å². The van der Waals surface area contributed by atoms with Crippen molar-refractivity contribution in [3.8, 4) is 5.75 Å². The van der Waals surface area contributed by atoms with Crippen molar-refractivity contribution in [2.75, 3.05) is 11.9 Å². The summed E-state index contributed by atoms with van der Waals surface area (Å²) in [4.78, 5) is 4.50. The molecule has 0 amide bonds.